The van der Waals surface area contributed by atoms with Crippen molar-refractivity contribution in [2.24, 2.45) is 0 Å². The summed E-state index contributed by atoms with van der Waals surface area (Å²) in [6.07, 6.45) is 3.76. The first-order chi connectivity index (χ1) is 12.7. The molecule has 3 heterocycles. The van der Waals surface area contributed by atoms with Crippen LogP contribution in [0.3, 0.4) is 0 Å². The molecule has 0 unspecified atom stereocenters. The van der Waals surface area contributed by atoms with Crippen molar-refractivity contribution in [1.82, 2.24) is 19.9 Å². The first-order valence-corrected chi connectivity index (χ1v) is 9.42. The molecular formula is C18H19N5O2S. The second-order valence-corrected chi connectivity index (χ2v) is 7.28. The van der Waals surface area contributed by atoms with Gasteiger partial charge in [0.15, 0.2) is 5.13 Å². The number of carbonyl (C=O) groups excluding carboxylic acids is 1. The fourth-order valence-electron chi connectivity index (χ4n) is 3.13. The largest absolute Gasteiger partial charge is 0.346 e. The van der Waals surface area contributed by atoms with Gasteiger partial charge in [0, 0.05) is 37.9 Å². The third-order valence-electron chi connectivity index (χ3n) is 4.54. The minimum absolute atomic E-state index is 0.0327. The van der Waals surface area contributed by atoms with Gasteiger partial charge in [-0.25, -0.2) is 9.97 Å². The lowest BCUT2D eigenvalue weighted by Crippen LogP contribution is -2.37. The molecule has 134 valence electrons. The first-order valence-electron chi connectivity index (χ1n) is 8.60. The quantitative estimate of drug-likeness (QED) is 0.759. The van der Waals surface area contributed by atoms with Gasteiger partial charge in [-0.2, -0.15) is 0 Å². The Hall–Kier alpha value is -2.74. The van der Waals surface area contributed by atoms with E-state index in [-0.39, 0.29) is 17.9 Å². The van der Waals surface area contributed by atoms with Crippen LogP contribution in [-0.4, -0.2) is 51.9 Å². The molecule has 1 saturated heterocycles. The van der Waals surface area contributed by atoms with E-state index in [9.17, 15) is 9.59 Å². The number of nitrogens with zero attached hydrogens (tertiary/aromatic N) is 4. The van der Waals surface area contributed by atoms with Gasteiger partial charge in [-0.1, -0.05) is 23.5 Å². The molecule has 0 radical (unpaired) electrons. The van der Waals surface area contributed by atoms with Crippen LogP contribution in [0, 0.1) is 0 Å². The summed E-state index contributed by atoms with van der Waals surface area (Å²) in [6.45, 7) is 2.94. The number of carbonyl (C=O) groups is 1. The van der Waals surface area contributed by atoms with E-state index in [4.69, 9.17) is 4.98 Å². The van der Waals surface area contributed by atoms with Gasteiger partial charge in [-0.15, -0.1) is 0 Å². The van der Waals surface area contributed by atoms with Crippen molar-refractivity contribution in [3.8, 4) is 0 Å². The van der Waals surface area contributed by atoms with Gasteiger partial charge in [-0.3, -0.25) is 9.59 Å². The number of H-pyrrole nitrogens is 1. The summed E-state index contributed by atoms with van der Waals surface area (Å²) in [5, 5.41) is 1.00. The average Bonchev–Trinajstić information content (AvgIpc) is 2.92. The Morgan fingerprint density at radius 3 is 2.92 bits per heavy atom. The smallest absolute Gasteiger partial charge is 0.254 e. The molecule has 0 atom stereocenters. The number of benzene rings is 1. The zero-order chi connectivity index (χ0) is 17.9. The van der Waals surface area contributed by atoms with E-state index in [0.29, 0.717) is 18.7 Å². The molecule has 8 heteroatoms. The second-order valence-electron chi connectivity index (χ2n) is 6.27. The Bertz CT molecular complexity index is 950. The zero-order valence-electron chi connectivity index (χ0n) is 14.2. The van der Waals surface area contributed by atoms with Crippen molar-refractivity contribution in [3.05, 3.63) is 52.7 Å². The van der Waals surface area contributed by atoms with Crippen LogP contribution < -0.4 is 10.5 Å². The Balaban J connectivity index is 1.43. The van der Waals surface area contributed by atoms with Crippen LogP contribution in [0.2, 0.25) is 0 Å². The normalized spacial score (nSPS) is 15.2. The molecule has 0 bridgehead atoms. The highest BCUT2D eigenvalue weighted by Gasteiger charge is 2.21. The highest BCUT2D eigenvalue weighted by molar-refractivity contribution is 7.22. The number of aromatic nitrogens is 3. The molecule has 1 aliphatic rings. The maximum Gasteiger partial charge on any atom is 0.254 e. The molecule has 7 nitrogen and oxygen atoms in total. The van der Waals surface area contributed by atoms with Crippen molar-refractivity contribution in [2.45, 2.75) is 12.8 Å². The molecule has 1 N–H and O–H groups in total. The first kappa shape index (κ1) is 16.7. The highest BCUT2D eigenvalue weighted by atomic mass is 32.1. The number of para-hydroxylation sites is 1. The summed E-state index contributed by atoms with van der Waals surface area (Å²) >= 11 is 1.68. The van der Waals surface area contributed by atoms with Gasteiger partial charge in [0.05, 0.1) is 23.0 Å². The third kappa shape index (κ3) is 3.45. The van der Waals surface area contributed by atoms with E-state index in [1.165, 1.54) is 17.2 Å². The summed E-state index contributed by atoms with van der Waals surface area (Å²) in [5.41, 5.74) is 1.17. The molecule has 4 rings (SSSR count). The predicted octanol–water partition coefficient (Wildman–Crippen LogP) is 1.66. The molecule has 1 aliphatic heterocycles. The van der Waals surface area contributed by atoms with Crippen molar-refractivity contribution >= 4 is 32.6 Å². The Labute approximate surface area is 154 Å². The van der Waals surface area contributed by atoms with Crippen LogP contribution in [0.5, 0.6) is 0 Å². The Morgan fingerprint density at radius 2 is 2.08 bits per heavy atom. The van der Waals surface area contributed by atoms with Gasteiger partial charge in [0.2, 0.25) is 5.91 Å². The van der Waals surface area contributed by atoms with E-state index in [2.05, 4.69) is 20.9 Å². The number of amides is 1. The van der Waals surface area contributed by atoms with Crippen molar-refractivity contribution < 1.29 is 4.79 Å². The summed E-state index contributed by atoms with van der Waals surface area (Å²) in [5.74, 6) is -0.0327. The standard InChI is InChI=1S/C18H19N5O2S/c24-16(10-13-11-19-12-20-17(13)25)22-6-3-7-23(9-8-22)18-21-14-4-1-2-5-15(14)26-18/h1-2,4-5,11-12H,3,6-10H2,(H,19,20,25). The number of rotatable bonds is 3. The predicted molar refractivity (Wildman–Crippen MR) is 102 cm³/mol. The lowest BCUT2D eigenvalue weighted by Gasteiger charge is -2.21. The van der Waals surface area contributed by atoms with Gasteiger partial charge in [0.1, 0.15) is 0 Å². The number of fused-ring (bicyclic) bond motifs is 1. The van der Waals surface area contributed by atoms with E-state index < -0.39 is 0 Å². The maximum atomic E-state index is 12.6. The fourth-order valence-corrected chi connectivity index (χ4v) is 4.15. The van der Waals surface area contributed by atoms with Crippen LogP contribution in [0.4, 0.5) is 5.13 Å². The lowest BCUT2D eigenvalue weighted by molar-refractivity contribution is -0.130. The van der Waals surface area contributed by atoms with E-state index in [1.54, 1.807) is 11.3 Å². The van der Waals surface area contributed by atoms with Gasteiger partial charge >= 0.3 is 0 Å². The van der Waals surface area contributed by atoms with Gasteiger partial charge in [0.25, 0.3) is 5.56 Å². The maximum absolute atomic E-state index is 12.6. The molecule has 1 aromatic carbocycles. The number of nitrogens with one attached hydrogen (secondary N) is 1. The van der Waals surface area contributed by atoms with Crippen molar-refractivity contribution in [3.63, 3.8) is 0 Å². The molecule has 26 heavy (non-hydrogen) atoms. The van der Waals surface area contributed by atoms with E-state index in [1.807, 2.05) is 23.1 Å². The molecule has 0 spiro atoms. The molecule has 0 saturated carbocycles. The second kappa shape index (κ2) is 7.25. The SMILES string of the molecule is O=C(Cc1cnc[nH]c1=O)N1CCCN(c2nc3ccccc3s2)CC1. The van der Waals surface area contributed by atoms with E-state index in [0.717, 1.165) is 30.2 Å². The number of hydrogen-bond donors (Lipinski definition) is 1. The molecule has 0 aliphatic carbocycles. The van der Waals surface area contributed by atoms with Crippen molar-refractivity contribution in [2.75, 3.05) is 31.1 Å². The molecule has 2 aromatic heterocycles. The molecule has 1 fully saturated rings. The minimum Gasteiger partial charge on any atom is -0.346 e. The van der Waals surface area contributed by atoms with Crippen LogP contribution in [0.15, 0.2) is 41.6 Å². The van der Waals surface area contributed by atoms with E-state index >= 15 is 0 Å². The topological polar surface area (TPSA) is 82.2 Å². The Morgan fingerprint density at radius 1 is 1.19 bits per heavy atom. The molecule has 3 aromatic rings. The van der Waals surface area contributed by atoms with Crippen LogP contribution in [0.25, 0.3) is 10.2 Å². The van der Waals surface area contributed by atoms with Crippen molar-refractivity contribution in [1.29, 1.82) is 0 Å². The number of hydrogen-bond acceptors (Lipinski definition) is 6. The number of aromatic amines is 1. The summed E-state index contributed by atoms with van der Waals surface area (Å²) in [6, 6.07) is 8.12. The third-order valence-corrected chi connectivity index (χ3v) is 5.63. The Kier molecular flexibility index (Phi) is 4.66. The fraction of sp³-hybridized carbons (Fsp3) is 0.333. The minimum atomic E-state index is -0.251. The average molecular weight is 369 g/mol. The van der Waals surface area contributed by atoms with Crippen LogP contribution in [-0.2, 0) is 11.2 Å². The highest BCUT2D eigenvalue weighted by Crippen LogP contribution is 2.29. The van der Waals surface area contributed by atoms with Gasteiger partial charge < -0.3 is 14.8 Å². The monoisotopic (exact) mass is 369 g/mol. The zero-order valence-corrected chi connectivity index (χ0v) is 15.0. The lowest BCUT2D eigenvalue weighted by atomic mass is 10.2. The number of thiazole rings is 1. The molecular weight excluding hydrogens is 350 g/mol. The molecule has 1 amide bonds. The summed E-state index contributed by atoms with van der Waals surface area (Å²) < 4.78 is 1.18. The van der Waals surface area contributed by atoms with Crippen LogP contribution in [0.1, 0.15) is 12.0 Å². The summed E-state index contributed by atoms with van der Waals surface area (Å²) in [4.78, 5) is 39.5. The number of anilines is 1. The van der Waals surface area contributed by atoms with Crippen LogP contribution >= 0.6 is 11.3 Å². The van der Waals surface area contributed by atoms with Gasteiger partial charge in [-0.05, 0) is 18.6 Å². The summed E-state index contributed by atoms with van der Waals surface area (Å²) in [7, 11) is 0.